The fraction of sp³-hybridized carbons (Fsp3) is 0.960. The summed E-state index contributed by atoms with van der Waals surface area (Å²) in [6, 6.07) is 0. The number of rotatable bonds is 98. The Kier molecular flexibility index (Phi) is 88.6. The van der Waals surface area contributed by atoms with Crippen LogP contribution in [0.1, 0.15) is 593 Å². The molecule has 0 aliphatic carbocycles. The molecule has 0 aliphatic rings. The predicted molar refractivity (Wildman–Crippen MR) is 488 cm³/mol. The number of hydrogen-bond acceptors (Lipinski definition) is 9. The van der Waals surface area contributed by atoms with Gasteiger partial charge in [-0.2, -0.15) is 0 Å². The van der Waals surface area contributed by atoms with Gasteiger partial charge in [0.05, 0.1) is 19.8 Å². The molecule has 2 amide bonds. The zero-order chi connectivity index (χ0) is 82.2. The number of ketones is 2. The lowest BCUT2D eigenvalue weighted by Gasteiger charge is -2.36. The first-order chi connectivity index (χ1) is 55.4. The van der Waals surface area contributed by atoms with Gasteiger partial charge >= 0.3 is 7.82 Å². The first kappa shape index (κ1) is 112. The van der Waals surface area contributed by atoms with E-state index in [1.54, 1.807) is 0 Å². The van der Waals surface area contributed by atoms with E-state index < -0.39 is 62.7 Å². The highest BCUT2D eigenvalue weighted by atomic mass is 31.2. The van der Waals surface area contributed by atoms with Crippen LogP contribution in [0, 0.1) is 0 Å². The molecule has 1 unspecified atom stereocenters. The summed E-state index contributed by atoms with van der Waals surface area (Å²) < 4.78 is 25.6. The van der Waals surface area contributed by atoms with E-state index in [0.29, 0.717) is 38.5 Å². The molecule has 0 rings (SSSR count). The van der Waals surface area contributed by atoms with Gasteiger partial charge < -0.3 is 15.1 Å². The van der Waals surface area contributed by atoms with E-state index in [-0.39, 0.29) is 25.7 Å². The lowest BCUT2D eigenvalue weighted by Crippen LogP contribution is -2.58. The zero-order valence-corrected chi connectivity index (χ0v) is 77.4. The molecule has 0 fully saturated rings. The first-order valence-electron chi connectivity index (χ1n) is 51.3. The van der Waals surface area contributed by atoms with Gasteiger partial charge in [-0.05, 0) is 25.7 Å². The molecule has 12 heteroatoms. The van der Waals surface area contributed by atoms with Crippen molar-refractivity contribution >= 4 is 31.2 Å². The normalized spacial score (nSPS) is 12.7. The number of phosphoric ester groups is 1. The maximum atomic E-state index is 15.3. The molecule has 11 nitrogen and oxygen atoms in total. The van der Waals surface area contributed by atoms with E-state index in [0.717, 1.165) is 94.8 Å². The molecule has 0 aromatic rings. The Morgan fingerprint density at radius 2 is 0.416 bits per heavy atom. The molecule has 0 spiro atoms. The minimum absolute atomic E-state index is 0.0390. The molecule has 0 bridgehead atoms. The van der Waals surface area contributed by atoms with Crippen molar-refractivity contribution < 1.29 is 47.9 Å². The lowest BCUT2D eigenvalue weighted by molar-refractivity contribution is -0.158. The number of unbranched alkanes of at least 4 members (excludes halogenated alkanes) is 80. The molecule has 672 valence electrons. The van der Waals surface area contributed by atoms with Crippen LogP contribution in [0.2, 0.25) is 0 Å². The first-order valence-corrected chi connectivity index (χ1v) is 52.8. The molecule has 0 radical (unpaired) electrons. The van der Waals surface area contributed by atoms with Crippen molar-refractivity contribution in [2.24, 2.45) is 0 Å². The van der Waals surface area contributed by atoms with E-state index >= 15 is 9.59 Å². The Balaban J connectivity index is 6.14. The van der Waals surface area contributed by atoms with Crippen molar-refractivity contribution in [1.82, 2.24) is 4.90 Å². The summed E-state index contributed by atoms with van der Waals surface area (Å²) in [5.74, 6) is -2.45. The maximum absolute atomic E-state index is 15.3. The Morgan fingerprint density at radius 1 is 0.265 bits per heavy atom. The number of imide groups is 1. The topological polar surface area (TPSA) is 168 Å². The SMILES string of the molecule is CCCCCCCCCCCCCCCCCCCCCCCC(=O)N(CC(OP(=O)(O)OC[C@H](O)CO)(C(=O)CCCCCCCCCCCCCCCCCCCCCCC)C(=O)CCCCCCCCCCCCCCCCCCCCCCC)C(=O)CCCCCCCCCCCCCCCCCCCCCCC. The van der Waals surface area contributed by atoms with Crippen LogP contribution in [0.25, 0.3) is 0 Å². The molecule has 113 heavy (non-hydrogen) atoms. The molecular formula is C101H198NO10P. The number of Topliss-reactive ketones (excluding diaryl/α,β-unsaturated/α-hetero) is 2. The Morgan fingerprint density at radius 3 is 0.575 bits per heavy atom. The third-order valence-electron chi connectivity index (χ3n) is 24.8. The van der Waals surface area contributed by atoms with Gasteiger partial charge in [-0.25, -0.2) is 4.57 Å². The maximum Gasteiger partial charge on any atom is 0.473 e. The fourth-order valence-electron chi connectivity index (χ4n) is 17.0. The standard InChI is InChI=1S/C101H198NO10P/c1-5-9-13-17-21-25-29-33-37-41-45-49-53-57-61-65-69-73-77-81-85-89-97(105)101(112-113(109,110)111-94-96(104)93-103,98(106)90-86-82-78-74-70-66-62-58-54-50-46-42-38-34-30-26-22-18-14-10-6-2)95-102(99(107)91-87-83-79-75-71-67-63-59-55-51-47-43-39-35-31-27-23-19-15-11-7-3)100(108)92-88-84-80-76-72-68-64-60-56-52-48-44-40-36-32-28-24-20-16-12-8-4/h96,103-104H,5-95H2,1-4H3,(H,109,110)/t96-/m1/s1. The summed E-state index contributed by atoms with van der Waals surface area (Å²) in [5, 5.41) is 20.0. The summed E-state index contributed by atoms with van der Waals surface area (Å²) in [6.45, 7) is 6.79. The summed E-state index contributed by atoms with van der Waals surface area (Å²) >= 11 is 0. The van der Waals surface area contributed by atoms with Gasteiger partial charge in [0.2, 0.25) is 17.4 Å². The second kappa shape index (κ2) is 89.8. The van der Waals surface area contributed by atoms with Crippen molar-refractivity contribution in [3.8, 4) is 0 Å². The number of aliphatic hydroxyl groups excluding tert-OH is 2. The molecule has 0 heterocycles. The third kappa shape index (κ3) is 77.6. The minimum atomic E-state index is -5.35. The molecule has 0 aromatic carbocycles. The molecule has 3 N–H and O–H groups in total. The van der Waals surface area contributed by atoms with Gasteiger partial charge in [0.25, 0.3) is 0 Å². The number of phosphoric acid groups is 1. The average Bonchev–Trinajstić information content (AvgIpc) is 0.775. The number of carbonyl (C=O) groups excluding carboxylic acids is 4. The van der Waals surface area contributed by atoms with Crippen LogP contribution in [-0.2, 0) is 32.8 Å². The second-order valence-electron chi connectivity index (χ2n) is 36.0. The van der Waals surface area contributed by atoms with Crippen LogP contribution in [-0.4, -0.2) is 74.9 Å². The summed E-state index contributed by atoms with van der Waals surface area (Å²) in [7, 11) is -5.35. The molecule has 2 atom stereocenters. The Labute approximate surface area is 704 Å². The summed E-state index contributed by atoms with van der Waals surface area (Å²) in [4.78, 5) is 73.0. The number of hydrogen-bond donors (Lipinski definition) is 3. The van der Waals surface area contributed by atoms with Gasteiger partial charge in [0, 0.05) is 25.7 Å². The Bertz CT molecular complexity index is 1900. The van der Waals surface area contributed by atoms with Gasteiger partial charge in [-0.1, -0.05) is 541 Å². The lowest BCUT2D eigenvalue weighted by atomic mass is 9.86. The quantitative estimate of drug-likeness (QED) is 0.0303. The van der Waals surface area contributed by atoms with E-state index in [1.165, 1.54) is 411 Å². The fourth-order valence-corrected chi connectivity index (χ4v) is 18.1. The summed E-state index contributed by atoms with van der Waals surface area (Å²) in [5.41, 5.74) is -2.67. The monoisotopic (exact) mass is 1620 g/mol. The second-order valence-corrected chi connectivity index (χ2v) is 37.4. The molecule has 0 aromatic heterocycles. The highest BCUT2D eigenvalue weighted by Gasteiger charge is 2.53. The average molecular weight is 1620 g/mol. The van der Waals surface area contributed by atoms with Crippen molar-refractivity contribution in [3.63, 3.8) is 0 Å². The van der Waals surface area contributed by atoms with E-state index in [4.69, 9.17) is 9.05 Å². The van der Waals surface area contributed by atoms with Crippen LogP contribution in [0.3, 0.4) is 0 Å². The highest BCUT2D eigenvalue weighted by Crippen LogP contribution is 2.49. The number of nitrogens with zero attached hydrogens (tertiary/aromatic N) is 1. The molecule has 0 saturated carbocycles. The van der Waals surface area contributed by atoms with Gasteiger partial charge in [0.1, 0.15) is 6.10 Å². The Hall–Kier alpha value is -1.49. The largest absolute Gasteiger partial charge is 0.473 e. The molecule has 0 saturated heterocycles. The van der Waals surface area contributed by atoms with Crippen LogP contribution in [0.4, 0.5) is 0 Å². The smallest absolute Gasteiger partial charge is 0.394 e. The van der Waals surface area contributed by atoms with Gasteiger partial charge in [0.15, 0.2) is 11.6 Å². The zero-order valence-electron chi connectivity index (χ0n) is 76.5. The van der Waals surface area contributed by atoms with E-state index in [1.807, 2.05) is 0 Å². The van der Waals surface area contributed by atoms with Crippen LogP contribution >= 0.6 is 7.82 Å². The van der Waals surface area contributed by atoms with Crippen LogP contribution in [0.15, 0.2) is 0 Å². The summed E-state index contributed by atoms with van der Waals surface area (Å²) in [6.07, 6.45) is 102. The van der Waals surface area contributed by atoms with E-state index in [9.17, 15) is 29.3 Å². The number of carbonyl (C=O) groups is 4. The molecular weight excluding hydrogens is 1420 g/mol. The van der Waals surface area contributed by atoms with Crippen molar-refractivity contribution in [1.29, 1.82) is 0 Å². The number of amides is 2. The highest BCUT2D eigenvalue weighted by molar-refractivity contribution is 7.47. The minimum Gasteiger partial charge on any atom is -0.394 e. The number of aliphatic hydroxyl groups is 2. The van der Waals surface area contributed by atoms with Crippen molar-refractivity contribution in [3.05, 3.63) is 0 Å². The van der Waals surface area contributed by atoms with Crippen molar-refractivity contribution in [2.75, 3.05) is 19.8 Å². The van der Waals surface area contributed by atoms with Crippen LogP contribution in [0.5, 0.6) is 0 Å². The predicted octanol–water partition coefficient (Wildman–Crippen LogP) is 33.1. The van der Waals surface area contributed by atoms with Gasteiger partial charge in [-0.3, -0.25) is 33.1 Å². The van der Waals surface area contributed by atoms with Gasteiger partial charge in [-0.15, -0.1) is 0 Å². The van der Waals surface area contributed by atoms with E-state index in [2.05, 4.69) is 27.7 Å². The van der Waals surface area contributed by atoms with Crippen molar-refractivity contribution in [2.45, 2.75) is 604 Å². The molecule has 0 aliphatic heterocycles. The van der Waals surface area contributed by atoms with Crippen LogP contribution < -0.4 is 0 Å². The third-order valence-corrected chi connectivity index (χ3v) is 25.8.